The topological polar surface area (TPSA) is 63.2 Å². The van der Waals surface area contributed by atoms with Gasteiger partial charge in [0, 0.05) is 25.0 Å². The lowest BCUT2D eigenvalue weighted by molar-refractivity contribution is -0.119. The van der Waals surface area contributed by atoms with Crippen LogP contribution in [-0.4, -0.2) is 28.1 Å². The highest BCUT2D eigenvalue weighted by Crippen LogP contribution is 2.27. The van der Waals surface area contributed by atoms with Crippen molar-refractivity contribution in [3.05, 3.63) is 5.82 Å². The van der Waals surface area contributed by atoms with Crippen molar-refractivity contribution in [1.29, 1.82) is 0 Å². The Bertz CT molecular complexity index is 481. The van der Waals surface area contributed by atoms with Crippen molar-refractivity contribution < 1.29 is 9.59 Å². The molecule has 20 heavy (non-hydrogen) atoms. The number of Topliss-reactive ketones (excluding diaryl/α,β-unsaturated/α-hetero) is 1. The Hall–Kier alpha value is -1.30. The van der Waals surface area contributed by atoms with Crippen molar-refractivity contribution in [2.24, 2.45) is 5.92 Å². The zero-order chi connectivity index (χ0) is 14.5. The largest absolute Gasteiger partial charge is 0.300 e. The first kappa shape index (κ1) is 15.1. The molecule has 0 atom stereocenters. The third-order valence-corrected chi connectivity index (χ3v) is 4.54. The van der Waals surface area contributed by atoms with Gasteiger partial charge in [-0.2, -0.15) is 4.37 Å². The van der Waals surface area contributed by atoms with E-state index in [9.17, 15) is 9.59 Å². The van der Waals surface area contributed by atoms with Gasteiger partial charge in [-0.05, 0) is 25.7 Å². The van der Waals surface area contributed by atoms with Crippen LogP contribution in [0.4, 0.5) is 5.13 Å². The molecule has 5 nitrogen and oxygen atoms in total. The van der Waals surface area contributed by atoms with Crippen molar-refractivity contribution in [3.63, 3.8) is 0 Å². The molecule has 1 heterocycles. The van der Waals surface area contributed by atoms with Crippen LogP contribution in [0.15, 0.2) is 0 Å². The molecule has 0 radical (unpaired) electrons. The minimum atomic E-state index is 0.0329. The van der Waals surface area contributed by atoms with Gasteiger partial charge in [0.1, 0.15) is 5.78 Å². The van der Waals surface area contributed by atoms with E-state index in [1.165, 1.54) is 37.7 Å². The first-order valence-electron chi connectivity index (χ1n) is 7.15. The van der Waals surface area contributed by atoms with Gasteiger partial charge in [0.05, 0.1) is 6.42 Å². The van der Waals surface area contributed by atoms with E-state index in [4.69, 9.17) is 0 Å². The maximum atomic E-state index is 12.2. The van der Waals surface area contributed by atoms with Crippen LogP contribution in [-0.2, 0) is 16.0 Å². The lowest BCUT2D eigenvalue weighted by Crippen LogP contribution is -2.28. The van der Waals surface area contributed by atoms with Crippen LogP contribution < -0.4 is 4.90 Å². The van der Waals surface area contributed by atoms with Gasteiger partial charge in [0.25, 0.3) is 0 Å². The Kier molecular flexibility index (Phi) is 5.23. The number of nitrogens with zero attached hydrogens (tertiary/aromatic N) is 3. The number of amides is 1. The van der Waals surface area contributed by atoms with E-state index in [2.05, 4.69) is 9.36 Å². The van der Waals surface area contributed by atoms with Gasteiger partial charge in [0.2, 0.25) is 11.0 Å². The number of hydrogen-bond acceptors (Lipinski definition) is 5. The molecule has 1 aliphatic rings. The van der Waals surface area contributed by atoms with E-state index in [1.54, 1.807) is 11.9 Å². The molecule has 2 rings (SSSR count). The summed E-state index contributed by atoms with van der Waals surface area (Å²) < 4.78 is 4.12. The fraction of sp³-hybridized carbons (Fsp3) is 0.714. The van der Waals surface area contributed by atoms with Crippen LogP contribution in [0.5, 0.6) is 0 Å². The molecule has 0 bridgehead atoms. The minimum absolute atomic E-state index is 0.0329. The van der Waals surface area contributed by atoms with Crippen LogP contribution in [0.1, 0.15) is 51.3 Å². The van der Waals surface area contributed by atoms with E-state index in [-0.39, 0.29) is 18.1 Å². The Labute approximate surface area is 123 Å². The first-order chi connectivity index (χ1) is 9.56. The van der Waals surface area contributed by atoms with Gasteiger partial charge in [-0.25, -0.2) is 4.98 Å². The Balaban J connectivity index is 1.91. The highest BCUT2D eigenvalue weighted by atomic mass is 32.1. The number of hydrogen-bond donors (Lipinski definition) is 0. The van der Waals surface area contributed by atoms with Crippen molar-refractivity contribution in [2.75, 3.05) is 11.9 Å². The maximum absolute atomic E-state index is 12.2. The second-order valence-electron chi connectivity index (χ2n) is 5.53. The summed E-state index contributed by atoms with van der Waals surface area (Å²) in [6.45, 7) is 1.51. The lowest BCUT2D eigenvalue weighted by atomic mass is 9.87. The van der Waals surface area contributed by atoms with Crippen LogP contribution in [0.2, 0.25) is 0 Å². The third kappa shape index (κ3) is 4.10. The maximum Gasteiger partial charge on any atom is 0.228 e. The predicted molar refractivity (Wildman–Crippen MR) is 78.9 cm³/mol. The number of anilines is 1. The van der Waals surface area contributed by atoms with Crippen molar-refractivity contribution in [3.8, 4) is 0 Å². The summed E-state index contributed by atoms with van der Waals surface area (Å²) in [7, 11) is 1.74. The molecular formula is C14H21N3O2S. The summed E-state index contributed by atoms with van der Waals surface area (Å²) in [5.41, 5.74) is 0. The first-order valence-corrected chi connectivity index (χ1v) is 7.92. The summed E-state index contributed by atoms with van der Waals surface area (Å²) >= 11 is 1.18. The normalized spacial score (nSPS) is 16.1. The van der Waals surface area contributed by atoms with E-state index in [1.807, 2.05) is 0 Å². The van der Waals surface area contributed by atoms with Crippen molar-refractivity contribution >= 4 is 28.4 Å². The van der Waals surface area contributed by atoms with E-state index in [0.29, 0.717) is 23.3 Å². The SMILES string of the molecule is CC(=O)Cc1nsc(N(C)C(=O)CC2CCCCC2)n1. The summed E-state index contributed by atoms with van der Waals surface area (Å²) in [6.07, 6.45) is 6.92. The summed E-state index contributed by atoms with van der Waals surface area (Å²) in [5, 5.41) is 0.585. The summed E-state index contributed by atoms with van der Waals surface area (Å²) in [5.74, 6) is 1.16. The number of aromatic nitrogens is 2. The van der Waals surface area contributed by atoms with Gasteiger partial charge in [-0.15, -0.1) is 0 Å². The third-order valence-electron chi connectivity index (χ3n) is 3.71. The average molecular weight is 295 g/mol. The Morgan fingerprint density at radius 2 is 2.00 bits per heavy atom. The molecule has 1 amide bonds. The molecule has 0 unspecified atom stereocenters. The molecule has 0 aromatic carbocycles. The van der Waals surface area contributed by atoms with Crippen molar-refractivity contribution in [2.45, 2.75) is 51.9 Å². The Morgan fingerprint density at radius 3 is 2.65 bits per heavy atom. The van der Waals surface area contributed by atoms with Gasteiger partial charge in [0.15, 0.2) is 5.82 Å². The predicted octanol–water partition coefficient (Wildman–Crippen LogP) is 2.60. The average Bonchev–Trinajstić information content (AvgIpc) is 2.86. The smallest absolute Gasteiger partial charge is 0.228 e. The second-order valence-corrected chi connectivity index (χ2v) is 6.26. The molecular weight excluding hydrogens is 274 g/mol. The monoisotopic (exact) mass is 295 g/mol. The molecule has 0 spiro atoms. The van der Waals surface area contributed by atoms with Crippen LogP contribution in [0.25, 0.3) is 0 Å². The van der Waals surface area contributed by atoms with E-state index < -0.39 is 0 Å². The molecule has 1 saturated carbocycles. The minimum Gasteiger partial charge on any atom is -0.300 e. The molecule has 6 heteroatoms. The zero-order valence-corrected chi connectivity index (χ0v) is 12.9. The van der Waals surface area contributed by atoms with Crippen molar-refractivity contribution in [1.82, 2.24) is 9.36 Å². The quantitative estimate of drug-likeness (QED) is 0.837. The molecule has 1 aromatic rings. The standard InChI is InChI=1S/C14H21N3O2S/c1-10(18)8-12-15-14(20-16-12)17(2)13(19)9-11-6-4-3-5-7-11/h11H,3-9H2,1-2H3. The number of rotatable bonds is 5. The fourth-order valence-corrected chi connectivity index (χ4v) is 3.22. The number of ketones is 1. The van der Waals surface area contributed by atoms with Crippen LogP contribution in [0.3, 0.4) is 0 Å². The zero-order valence-electron chi connectivity index (χ0n) is 12.1. The Morgan fingerprint density at radius 1 is 1.30 bits per heavy atom. The molecule has 110 valence electrons. The summed E-state index contributed by atoms with van der Waals surface area (Å²) in [6, 6.07) is 0. The lowest BCUT2D eigenvalue weighted by Gasteiger charge is -2.22. The molecule has 1 aliphatic carbocycles. The molecule has 1 fully saturated rings. The van der Waals surface area contributed by atoms with Gasteiger partial charge >= 0.3 is 0 Å². The number of carbonyl (C=O) groups is 2. The highest BCUT2D eigenvalue weighted by molar-refractivity contribution is 7.09. The van der Waals surface area contributed by atoms with Crippen LogP contribution >= 0.6 is 11.5 Å². The van der Waals surface area contributed by atoms with Gasteiger partial charge in [-0.1, -0.05) is 19.3 Å². The highest BCUT2D eigenvalue weighted by Gasteiger charge is 2.21. The second kappa shape index (κ2) is 6.92. The van der Waals surface area contributed by atoms with E-state index >= 15 is 0 Å². The fourth-order valence-electron chi connectivity index (χ4n) is 2.56. The van der Waals surface area contributed by atoms with E-state index in [0.717, 1.165) is 12.8 Å². The van der Waals surface area contributed by atoms with Gasteiger partial charge < -0.3 is 0 Å². The molecule has 1 aromatic heterocycles. The van der Waals surface area contributed by atoms with Crippen LogP contribution in [0, 0.1) is 5.92 Å². The van der Waals surface area contributed by atoms with Gasteiger partial charge in [-0.3, -0.25) is 14.5 Å². The molecule has 0 saturated heterocycles. The number of carbonyl (C=O) groups excluding carboxylic acids is 2. The summed E-state index contributed by atoms with van der Waals surface area (Å²) in [4.78, 5) is 29.1. The molecule has 0 aliphatic heterocycles. The molecule has 0 N–H and O–H groups in total.